The minimum absolute atomic E-state index is 0.104. The lowest BCUT2D eigenvalue weighted by atomic mass is 9.98. The summed E-state index contributed by atoms with van der Waals surface area (Å²) in [5.74, 6) is -0.0482. The van der Waals surface area contributed by atoms with Gasteiger partial charge >= 0.3 is 5.97 Å². The largest absolute Gasteiger partial charge is 0.481 e. The molecular formula is C8H8O3. The van der Waals surface area contributed by atoms with Crippen LogP contribution in [0, 0.1) is 29.6 Å². The average Bonchev–Trinajstić information content (AvgIpc) is 2.33. The molecule has 11 heavy (non-hydrogen) atoms. The summed E-state index contributed by atoms with van der Waals surface area (Å²) in [7, 11) is 0. The molecule has 5 atom stereocenters. The summed E-state index contributed by atoms with van der Waals surface area (Å²) < 4.78 is 0. The molecule has 4 saturated carbocycles. The van der Waals surface area contributed by atoms with Crippen LogP contribution in [0.1, 0.15) is 6.42 Å². The van der Waals surface area contributed by atoms with E-state index in [9.17, 15) is 9.59 Å². The first-order chi connectivity index (χ1) is 5.22. The van der Waals surface area contributed by atoms with E-state index < -0.39 is 5.97 Å². The van der Waals surface area contributed by atoms with Gasteiger partial charge in [-0.3, -0.25) is 9.59 Å². The maximum atomic E-state index is 11.2. The van der Waals surface area contributed by atoms with Crippen molar-refractivity contribution < 1.29 is 14.7 Å². The molecule has 0 aromatic carbocycles. The van der Waals surface area contributed by atoms with Crippen LogP contribution in [-0.2, 0) is 9.59 Å². The van der Waals surface area contributed by atoms with Crippen LogP contribution in [0.25, 0.3) is 0 Å². The van der Waals surface area contributed by atoms with Gasteiger partial charge in [0.25, 0.3) is 0 Å². The molecule has 4 aliphatic rings. The van der Waals surface area contributed by atoms with Crippen molar-refractivity contribution in [2.24, 2.45) is 29.6 Å². The SMILES string of the molecule is O=C(O)[C@H]1[C@@H]2C3C[C@H]1C(=O)C32. The van der Waals surface area contributed by atoms with Gasteiger partial charge in [-0.15, -0.1) is 0 Å². The molecule has 0 amide bonds. The molecule has 58 valence electrons. The minimum Gasteiger partial charge on any atom is -0.481 e. The minimum atomic E-state index is -0.754. The Balaban J connectivity index is 2.03. The summed E-state index contributed by atoms with van der Waals surface area (Å²) in [6.07, 6.45) is 0.866. The molecule has 0 saturated heterocycles. The highest BCUT2D eigenvalue weighted by Gasteiger charge is 2.75. The van der Waals surface area contributed by atoms with E-state index in [-0.39, 0.29) is 29.5 Å². The van der Waals surface area contributed by atoms with Crippen LogP contribution >= 0.6 is 0 Å². The zero-order valence-electron chi connectivity index (χ0n) is 5.86. The summed E-state index contributed by atoms with van der Waals surface area (Å²) in [4.78, 5) is 21.9. The van der Waals surface area contributed by atoms with Crippen molar-refractivity contribution in [3.05, 3.63) is 0 Å². The average molecular weight is 152 g/mol. The number of hydrogen-bond donors (Lipinski definition) is 1. The van der Waals surface area contributed by atoms with Gasteiger partial charge in [0.15, 0.2) is 0 Å². The van der Waals surface area contributed by atoms with Crippen LogP contribution in [0.4, 0.5) is 0 Å². The molecule has 1 N–H and O–H groups in total. The van der Waals surface area contributed by atoms with Crippen molar-refractivity contribution >= 4 is 11.8 Å². The number of Topliss-reactive ketones (excluding diaryl/α,β-unsaturated/α-hetero) is 1. The van der Waals surface area contributed by atoms with Gasteiger partial charge < -0.3 is 5.11 Å². The Labute approximate surface area is 63.4 Å². The van der Waals surface area contributed by atoms with Crippen molar-refractivity contribution in [3.63, 3.8) is 0 Å². The molecule has 3 heteroatoms. The molecule has 0 spiro atoms. The van der Waals surface area contributed by atoms with Crippen molar-refractivity contribution in [3.8, 4) is 0 Å². The van der Waals surface area contributed by atoms with Crippen LogP contribution in [0.2, 0.25) is 0 Å². The fourth-order valence-electron chi connectivity index (χ4n) is 3.18. The topological polar surface area (TPSA) is 54.4 Å². The normalized spacial score (nSPS) is 56.7. The summed E-state index contributed by atoms with van der Waals surface area (Å²) in [5.41, 5.74) is 0. The highest BCUT2D eigenvalue weighted by Crippen LogP contribution is 2.71. The Morgan fingerprint density at radius 1 is 1.55 bits per heavy atom. The van der Waals surface area contributed by atoms with Gasteiger partial charge in [-0.05, 0) is 18.3 Å². The Kier molecular flexibility index (Phi) is 0.708. The molecule has 0 aliphatic heterocycles. The van der Waals surface area contributed by atoms with E-state index in [4.69, 9.17) is 5.11 Å². The molecule has 0 aromatic rings. The van der Waals surface area contributed by atoms with Gasteiger partial charge in [0.1, 0.15) is 5.78 Å². The van der Waals surface area contributed by atoms with Crippen LogP contribution in [0.5, 0.6) is 0 Å². The van der Waals surface area contributed by atoms with E-state index in [1.165, 1.54) is 0 Å². The Morgan fingerprint density at radius 2 is 2.27 bits per heavy atom. The number of rotatable bonds is 1. The molecule has 4 bridgehead atoms. The third kappa shape index (κ3) is 0.424. The zero-order chi connectivity index (χ0) is 7.75. The number of carboxylic acids is 1. The number of carboxylic acid groups (broad SMARTS) is 1. The zero-order valence-corrected chi connectivity index (χ0v) is 5.86. The second-order valence-electron chi connectivity index (χ2n) is 3.88. The lowest BCUT2D eigenvalue weighted by molar-refractivity contribution is -0.144. The van der Waals surface area contributed by atoms with Gasteiger partial charge in [0.2, 0.25) is 0 Å². The predicted molar refractivity (Wildman–Crippen MR) is 34.7 cm³/mol. The second-order valence-corrected chi connectivity index (χ2v) is 3.88. The molecular weight excluding hydrogens is 144 g/mol. The molecule has 0 heterocycles. The van der Waals surface area contributed by atoms with Gasteiger partial charge in [0.05, 0.1) is 5.92 Å². The Hall–Kier alpha value is -0.860. The summed E-state index contributed by atoms with van der Waals surface area (Å²) in [6.45, 7) is 0. The van der Waals surface area contributed by atoms with Crippen LogP contribution < -0.4 is 0 Å². The van der Waals surface area contributed by atoms with Crippen LogP contribution in [-0.4, -0.2) is 16.9 Å². The Bertz CT molecular complexity index is 271. The van der Waals surface area contributed by atoms with Crippen molar-refractivity contribution in [2.75, 3.05) is 0 Å². The number of ketones is 1. The maximum Gasteiger partial charge on any atom is 0.307 e. The van der Waals surface area contributed by atoms with E-state index in [2.05, 4.69) is 0 Å². The quantitative estimate of drug-likeness (QED) is 0.582. The van der Waals surface area contributed by atoms with Crippen LogP contribution in [0.15, 0.2) is 0 Å². The third-order valence-corrected chi connectivity index (χ3v) is 3.58. The molecule has 2 unspecified atom stereocenters. The van der Waals surface area contributed by atoms with E-state index in [0.29, 0.717) is 5.92 Å². The van der Waals surface area contributed by atoms with Crippen molar-refractivity contribution in [2.45, 2.75) is 6.42 Å². The van der Waals surface area contributed by atoms with Crippen LogP contribution in [0.3, 0.4) is 0 Å². The van der Waals surface area contributed by atoms with Gasteiger partial charge in [-0.1, -0.05) is 0 Å². The van der Waals surface area contributed by atoms with E-state index in [0.717, 1.165) is 6.42 Å². The first-order valence-corrected chi connectivity index (χ1v) is 3.98. The smallest absolute Gasteiger partial charge is 0.307 e. The van der Waals surface area contributed by atoms with E-state index >= 15 is 0 Å². The van der Waals surface area contributed by atoms with E-state index in [1.807, 2.05) is 0 Å². The lowest BCUT2D eigenvalue weighted by Crippen LogP contribution is -2.19. The fourth-order valence-corrected chi connectivity index (χ4v) is 3.18. The van der Waals surface area contributed by atoms with E-state index in [1.54, 1.807) is 0 Å². The molecule has 4 aliphatic carbocycles. The van der Waals surface area contributed by atoms with Gasteiger partial charge in [-0.2, -0.15) is 0 Å². The maximum absolute atomic E-state index is 11.2. The Morgan fingerprint density at radius 3 is 2.45 bits per heavy atom. The third-order valence-electron chi connectivity index (χ3n) is 3.58. The standard InChI is InChI=1S/C8H8O3/c9-7-3-1-2-4(5(2)7)6(3)8(10)11/h2-6H,1H2,(H,10,11)/t2?,3-,4-,5?,6-/m1/s1. The first-order valence-electron chi connectivity index (χ1n) is 3.98. The first kappa shape index (κ1) is 5.75. The fraction of sp³-hybridized carbons (Fsp3) is 0.750. The second kappa shape index (κ2) is 1.36. The van der Waals surface area contributed by atoms with Crippen molar-refractivity contribution in [1.29, 1.82) is 0 Å². The lowest BCUT2D eigenvalue weighted by Gasteiger charge is -2.05. The number of carbonyl (C=O) groups excluding carboxylic acids is 1. The van der Waals surface area contributed by atoms with Gasteiger partial charge in [-0.25, -0.2) is 0 Å². The number of hydrogen-bond acceptors (Lipinski definition) is 2. The molecule has 3 nitrogen and oxygen atoms in total. The molecule has 0 aromatic heterocycles. The summed E-state index contributed by atoms with van der Waals surface area (Å²) in [6, 6.07) is 0. The molecule has 0 radical (unpaired) electrons. The predicted octanol–water partition coefficient (Wildman–Crippen LogP) is 0.152. The van der Waals surface area contributed by atoms with Gasteiger partial charge in [0, 0.05) is 11.8 Å². The highest BCUT2D eigenvalue weighted by atomic mass is 16.4. The monoisotopic (exact) mass is 152 g/mol. The molecule has 4 rings (SSSR count). The molecule has 4 fully saturated rings. The number of carbonyl (C=O) groups is 2. The highest BCUT2D eigenvalue weighted by molar-refractivity contribution is 5.98. The summed E-state index contributed by atoms with van der Waals surface area (Å²) in [5, 5.41) is 8.77. The van der Waals surface area contributed by atoms with Crippen molar-refractivity contribution in [1.82, 2.24) is 0 Å². The number of aliphatic carboxylic acids is 1. The summed E-state index contributed by atoms with van der Waals surface area (Å²) >= 11 is 0.